The van der Waals surface area contributed by atoms with Crippen molar-refractivity contribution in [1.29, 1.82) is 0 Å². The summed E-state index contributed by atoms with van der Waals surface area (Å²) in [6, 6.07) is 3.89. The zero-order valence-corrected chi connectivity index (χ0v) is 12.5. The molecule has 0 aromatic heterocycles. The van der Waals surface area contributed by atoms with E-state index in [0.717, 1.165) is 31.7 Å². The van der Waals surface area contributed by atoms with Crippen LogP contribution < -0.4 is 0 Å². The van der Waals surface area contributed by atoms with Gasteiger partial charge in [-0.1, -0.05) is 26.8 Å². The van der Waals surface area contributed by atoms with Gasteiger partial charge in [0.15, 0.2) is 11.6 Å². The van der Waals surface area contributed by atoms with Crippen molar-refractivity contribution in [3.8, 4) is 0 Å². The van der Waals surface area contributed by atoms with Crippen LogP contribution >= 0.6 is 0 Å². The molecule has 1 N–H and O–H groups in total. The molecule has 0 atom stereocenters. The van der Waals surface area contributed by atoms with E-state index in [0.29, 0.717) is 17.9 Å². The number of rotatable bonds is 2. The molecular formula is C17H24F2O. The predicted octanol–water partition coefficient (Wildman–Crippen LogP) is 4.47. The van der Waals surface area contributed by atoms with Crippen LogP contribution in [0.1, 0.15) is 52.0 Å². The van der Waals surface area contributed by atoms with E-state index in [4.69, 9.17) is 0 Å². The van der Waals surface area contributed by atoms with Crippen molar-refractivity contribution in [3.05, 3.63) is 35.4 Å². The Morgan fingerprint density at radius 1 is 1.15 bits per heavy atom. The molecule has 1 aromatic rings. The van der Waals surface area contributed by atoms with E-state index >= 15 is 0 Å². The standard InChI is InChI=1S/C17H24F2O/c1-16(2,3)13-6-8-17(20,9-7-13)11-12-4-5-14(18)15(19)10-12/h4-5,10,13,20H,6-9,11H2,1-3H3. The third-order valence-corrected chi connectivity index (χ3v) is 4.66. The topological polar surface area (TPSA) is 20.2 Å². The third-order valence-electron chi connectivity index (χ3n) is 4.66. The fourth-order valence-electron chi connectivity index (χ4n) is 3.23. The van der Waals surface area contributed by atoms with Gasteiger partial charge in [-0.15, -0.1) is 0 Å². The fraction of sp³-hybridized carbons (Fsp3) is 0.647. The first-order chi connectivity index (χ1) is 9.20. The first-order valence-electron chi connectivity index (χ1n) is 7.36. The molecule has 112 valence electrons. The molecule has 0 heterocycles. The summed E-state index contributed by atoms with van der Waals surface area (Å²) in [6.07, 6.45) is 3.84. The number of aliphatic hydroxyl groups is 1. The monoisotopic (exact) mass is 282 g/mol. The molecule has 0 saturated heterocycles. The zero-order valence-electron chi connectivity index (χ0n) is 12.5. The van der Waals surface area contributed by atoms with Gasteiger partial charge in [0, 0.05) is 6.42 Å². The molecule has 1 fully saturated rings. The average molecular weight is 282 g/mol. The van der Waals surface area contributed by atoms with Crippen LogP contribution in [-0.2, 0) is 6.42 Å². The van der Waals surface area contributed by atoms with Gasteiger partial charge in [0.25, 0.3) is 0 Å². The highest BCUT2D eigenvalue weighted by atomic mass is 19.2. The van der Waals surface area contributed by atoms with Crippen molar-refractivity contribution >= 4 is 0 Å². The lowest BCUT2D eigenvalue weighted by atomic mass is 9.67. The molecule has 0 spiro atoms. The minimum atomic E-state index is -0.838. The summed E-state index contributed by atoms with van der Waals surface area (Å²) in [5.74, 6) is -1.06. The molecule has 2 rings (SSSR count). The van der Waals surface area contributed by atoms with Crippen LogP contribution in [0, 0.1) is 23.0 Å². The van der Waals surface area contributed by atoms with E-state index in [2.05, 4.69) is 20.8 Å². The largest absolute Gasteiger partial charge is 0.390 e. The number of hydrogen-bond acceptors (Lipinski definition) is 1. The van der Waals surface area contributed by atoms with Gasteiger partial charge >= 0.3 is 0 Å². The highest BCUT2D eigenvalue weighted by Gasteiger charge is 2.37. The molecule has 3 heteroatoms. The van der Waals surface area contributed by atoms with Crippen molar-refractivity contribution in [2.24, 2.45) is 11.3 Å². The van der Waals surface area contributed by atoms with Crippen LogP contribution in [0.3, 0.4) is 0 Å². The highest BCUT2D eigenvalue weighted by molar-refractivity contribution is 5.20. The maximum Gasteiger partial charge on any atom is 0.159 e. The van der Waals surface area contributed by atoms with Gasteiger partial charge in [-0.25, -0.2) is 8.78 Å². The summed E-state index contributed by atoms with van der Waals surface area (Å²) in [6.45, 7) is 6.70. The van der Waals surface area contributed by atoms with Crippen molar-refractivity contribution in [3.63, 3.8) is 0 Å². The smallest absolute Gasteiger partial charge is 0.159 e. The van der Waals surface area contributed by atoms with Crippen LogP contribution in [-0.4, -0.2) is 10.7 Å². The lowest BCUT2D eigenvalue weighted by Gasteiger charge is -2.41. The molecule has 1 aliphatic rings. The molecule has 1 saturated carbocycles. The Hall–Kier alpha value is -0.960. The van der Waals surface area contributed by atoms with Gasteiger partial charge in [-0.2, -0.15) is 0 Å². The molecule has 0 radical (unpaired) electrons. The zero-order chi connectivity index (χ0) is 15.0. The average Bonchev–Trinajstić information content (AvgIpc) is 2.33. The van der Waals surface area contributed by atoms with E-state index in [-0.39, 0.29) is 5.41 Å². The first-order valence-corrected chi connectivity index (χ1v) is 7.36. The second kappa shape index (κ2) is 5.44. The molecule has 0 unspecified atom stereocenters. The SMILES string of the molecule is CC(C)(C)C1CCC(O)(Cc2ccc(F)c(F)c2)CC1. The van der Waals surface area contributed by atoms with E-state index in [1.807, 2.05) is 0 Å². The van der Waals surface area contributed by atoms with Gasteiger partial charge in [-0.3, -0.25) is 0 Å². The van der Waals surface area contributed by atoms with Crippen molar-refractivity contribution in [2.75, 3.05) is 0 Å². The third kappa shape index (κ3) is 3.57. The van der Waals surface area contributed by atoms with Crippen LogP contribution in [0.4, 0.5) is 8.78 Å². The molecule has 0 amide bonds. The maximum atomic E-state index is 13.2. The summed E-state index contributed by atoms with van der Waals surface area (Å²) >= 11 is 0. The second-order valence-electron chi connectivity index (χ2n) is 7.29. The molecular weight excluding hydrogens is 258 g/mol. The molecule has 1 aromatic carbocycles. The van der Waals surface area contributed by atoms with E-state index in [1.54, 1.807) is 6.07 Å². The van der Waals surface area contributed by atoms with Gasteiger partial charge in [-0.05, 0) is 54.7 Å². The molecule has 0 aliphatic heterocycles. The van der Waals surface area contributed by atoms with Gasteiger partial charge in [0.1, 0.15) is 0 Å². The summed E-state index contributed by atoms with van der Waals surface area (Å²) < 4.78 is 26.1. The van der Waals surface area contributed by atoms with Gasteiger partial charge < -0.3 is 5.11 Å². The molecule has 0 bridgehead atoms. The number of benzene rings is 1. The first kappa shape index (κ1) is 15.4. The van der Waals surface area contributed by atoms with E-state index in [1.165, 1.54) is 6.07 Å². The Bertz CT molecular complexity index is 468. The number of halogens is 2. The molecule has 20 heavy (non-hydrogen) atoms. The quantitative estimate of drug-likeness (QED) is 0.848. The molecule has 1 nitrogen and oxygen atoms in total. The van der Waals surface area contributed by atoms with Crippen molar-refractivity contribution in [1.82, 2.24) is 0 Å². The summed E-state index contributed by atoms with van der Waals surface area (Å²) in [7, 11) is 0. The molecule has 1 aliphatic carbocycles. The van der Waals surface area contributed by atoms with E-state index < -0.39 is 17.2 Å². The Kier molecular flexibility index (Phi) is 4.19. The lowest BCUT2D eigenvalue weighted by molar-refractivity contribution is -0.0245. The summed E-state index contributed by atoms with van der Waals surface area (Å²) in [5, 5.41) is 10.7. The van der Waals surface area contributed by atoms with Crippen LogP contribution in [0.5, 0.6) is 0 Å². The minimum Gasteiger partial charge on any atom is -0.390 e. The van der Waals surface area contributed by atoms with Crippen LogP contribution in [0.2, 0.25) is 0 Å². The Morgan fingerprint density at radius 3 is 2.25 bits per heavy atom. The number of hydrogen-bond donors (Lipinski definition) is 1. The highest BCUT2D eigenvalue weighted by Crippen LogP contribution is 2.42. The Labute approximate surface area is 120 Å². The normalized spacial score (nSPS) is 27.6. The lowest BCUT2D eigenvalue weighted by Crippen LogP contribution is -2.39. The van der Waals surface area contributed by atoms with Crippen LogP contribution in [0.15, 0.2) is 18.2 Å². The predicted molar refractivity (Wildman–Crippen MR) is 76.4 cm³/mol. The second-order valence-corrected chi connectivity index (χ2v) is 7.29. The van der Waals surface area contributed by atoms with Crippen molar-refractivity contribution in [2.45, 2.75) is 58.5 Å². The van der Waals surface area contributed by atoms with E-state index in [9.17, 15) is 13.9 Å². The van der Waals surface area contributed by atoms with Gasteiger partial charge in [0.2, 0.25) is 0 Å². The Morgan fingerprint density at radius 2 is 1.75 bits per heavy atom. The van der Waals surface area contributed by atoms with Gasteiger partial charge in [0.05, 0.1) is 5.60 Å². The maximum absolute atomic E-state index is 13.2. The Balaban J connectivity index is 2.01. The van der Waals surface area contributed by atoms with Crippen molar-refractivity contribution < 1.29 is 13.9 Å². The minimum absolute atomic E-state index is 0.267. The summed E-state index contributed by atoms with van der Waals surface area (Å²) in [5.41, 5.74) is 0.163. The fourth-order valence-corrected chi connectivity index (χ4v) is 3.23. The van der Waals surface area contributed by atoms with Crippen LogP contribution in [0.25, 0.3) is 0 Å². The summed E-state index contributed by atoms with van der Waals surface area (Å²) in [4.78, 5) is 0.